The Bertz CT molecular complexity index is 1030. The van der Waals surface area contributed by atoms with E-state index >= 15 is 0 Å². The number of ether oxygens (including phenoxy) is 1. The average molecular weight is 373 g/mol. The maximum atomic E-state index is 12.6. The van der Waals surface area contributed by atoms with Crippen molar-refractivity contribution in [3.63, 3.8) is 0 Å². The van der Waals surface area contributed by atoms with Crippen molar-refractivity contribution in [3.05, 3.63) is 74.9 Å². The predicted octanol–water partition coefficient (Wildman–Crippen LogP) is 4.16. The van der Waals surface area contributed by atoms with Gasteiger partial charge in [0.25, 0.3) is 5.69 Å². The van der Waals surface area contributed by atoms with Gasteiger partial charge in [-0.2, -0.15) is 0 Å². The monoisotopic (exact) mass is 372 g/mol. The first-order chi connectivity index (χ1) is 12.4. The summed E-state index contributed by atoms with van der Waals surface area (Å²) in [7, 11) is 0. The van der Waals surface area contributed by atoms with E-state index in [2.05, 4.69) is 4.98 Å². The molecule has 1 N–H and O–H groups in total. The Labute approximate surface area is 152 Å². The van der Waals surface area contributed by atoms with Crippen LogP contribution in [0.3, 0.4) is 0 Å². The van der Waals surface area contributed by atoms with Gasteiger partial charge in [-0.1, -0.05) is 29.8 Å². The first-order valence-electron chi connectivity index (χ1n) is 7.63. The Morgan fingerprint density at radius 1 is 1.23 bits per heavy atom. The second-order valence-electron chi connectivity index (χ2n) is 5.58. The zero-order valence-electron chi connectivity index (χ0n) is 13.6. The molecular formula is C18H13ClN2O5. The van der Waals surface area contributed by atoms with Crippen LogP contribution in [0.5, 0.6) is 0 Å². The third-order valence-electron chi connectivity index (χ3n) is 3.89. The molecule has 26 heavy (non-hydrogen) atoms. The molecule has 0 aliphatic carbocycles. The highest BCUT2D eigenvalue weighted by Crippen LogP contribution is 2.26. The van der Waals surface area contributed by atoms with Gasteiger partial charge >= 0.3 is 5.97 Å². The third-order valence-corrected chi connectivity index (χ3v) is 4.21. The van der Waals surface area contributed by atoms with Gasteiger partial charge in [0.2, 0.25) is 5.78 Å². The summed E-state index contributed by atoms with van der Waals surface area (Å²) in [6.07, 6.45) is 0.501. The van der Waals surface area contributed by atoms with Gasteiger partial charge in [-0.25, -0.2) is 4.79 Å². The number of nitrogens with zero attached hydrogens (tertiary/aromatic N) is 1. The molecule has 1 heterocycles. The van der Waals surface area contributed by atoms with Crippen LogP contribution >= 0.6 is 11.6 Å². The highest BCUT2D eigenvalue weighted by atomic mass is 35.5. The van der Waals surface area contributed by atoms with E-state index in [9.17, 15) is 19.7 Å². The van der Waals surface area contributed by atoms with Gasteiger partial charge in [0, 0.05) is 28.7 Å². The van der Waals surface area contributed by atoms with Gasteiger partial charge in [0.15, 0.2) is 6.10 Å². The minimum absolute atomic E-state index is 0.0559. The van der Waals surface area contributed by atoms with Crippen LogP contribution in [0.25, 0.3) is 10.9 Å². The molecule has 1 aromatic heterocycles. The molecule has 0 saturated heterocycles. The van der Waals surface area contributed by atoms with E-state index in [1.165, 1.54) is 19.1 Å². The lowest BCUT2D eigenvalue weighted by Crippen LogP contribution is -2.24. The first kappa shape index (κ1) is 17.6. The van der Waals surface area contributed by atoms with Gasteiger partial charge < -0.3 is 9.72 Å². The molecule has 0 saturated carbocycles. The molecule has 0 radical (unpaired) electrons. The van der Waals surface area contributed by atoms with Crippen LogP contribution < -0.4 is 0 Å². The highest BCUT2D eigenvalue weighted by Gasteiger charge is 2.24. The van der Waals surface area contributed by atoms with Gasteiger partial charge in [0.05, 0.1) is 10.5 Å². The van der Waals surface area contributed by atoms with Crippen molar-refractivity contribution in [2.24, 2.45) is 0 Å². The number of H-pyrrole nitrogens is 1. The fraction of sp³-hybridized carbons (Fsp3) is 0.111. The molecule has 0 aliphatic heterocycles. The largest absolute Gasteiger partial charge is 0.451 e. The third kappa shape index (κ3) is 3.29. The van der Waals surface area contributed by atoms with Crippen molar-refractivity contribution in [2.75, 3.05) is 0 Å². The van der Waals surface area contributed by atoms with Gasteiger partial charge in [-0.15, -0.1) is 0 Å². The maximum Gasteiger partial charge on any atom is 0.339 e. The topological polar surface area (TPSA) is 102 Å². The fourth-order valence-corrected chi connectivity index (χ4v) is 2.74. The minimum atomic E-state index is -1.06. The number of ketones is 1. The van der Waals surface area contributed by atoms with E-state index in [4.69, 9.17) is 16.3 Å². The lowest BCUT2D eigenvalue weighted by atomic mass is 10.1. The van der Waals surface area contributed by atoms with E-state index in [-0.39, 0.29) is 16.4 Å². The molecule has 8 heteroatoms. The van der Waals surface area contributed by atoms with E-state index in [0.717, 1.165) is 17.0 Å². The van der Waals surface area contributed by atoms with Gasteiger partial charge in [0.1, 0.15) is 5.02 Å². The number of hydrogen-bond donors (Lipinski definition) is 1. The second kappa shape index (κ2) is 6.97. The number of hydrogen-bond acceptors (Lipinski definition) is 5. The van der Waals surface area contributed by atoms with E-state index in [0.29, 0.717) is 5.56 Å². The molecule has 0 spiro atoms. The number of nitrogens with one attached hydrogen (secondary N) is 1. The van der Waals surface area contributed by atoms with Crippen LogP contribution in [0.1, 0.15) is 27.6 Å². The zero-order valence-corrected chi connectivity index (χ0v) is 14.3. The lowest BCUT2D eigenvalue weighted by Gasteiger charge is -2.12. The van der Waals surface area contributed by atoms with E-state index < -0.39 is 22.7 Å². The Kier molecular flexibility index (Phi) is 4.73. The van der Waals surface area contributed by atoms with E-state index in [1.54, 1.807) is 18.3 Å². The van der Waals surface area contributed by atoms with Crippen LogP contribution in [0.15, 0.2) is 48.7 Å². The summed E-state index contributed by atoms with van der Waals surface area (Å²) in [6.45, 7) is 1.45. The summed E-state index contributed by atoms with van der Waals surface area (Å²) in [5.74, 6) is -1.22. The summed E-state index contributed by atoms with van der Waals surface area (Å²) < 4.78 is 5.18. The zero-order chi connectivity index (χ0) is 18.8. The van der Waals surface area contributed by atoms with Crippen LogP contribution in [0.2, 0.25) is 5.02 Å². The van der Waals surface area contributed by atoms with Crippen molar-refractivity contribution in [2.45, 2.75) is 13.0 Å². The van der Waals surface area contributed by atoms with Crippen molar-refractivity contribution in [1.82, 2.24) is 4.98 Å². The van der Waals surface area contributed by atoms with Crippen molar-refractivity contribution >= 4 is 39.9 Å². The molecule has 132 valence electrons. The summed E-state index contributed by atoms with van der Waals surface area (Å²) in [5.41, 5.74) is 0.738. The number of halogens is 1. The molecule has 0 amide bonds. The molecule has 0 bridgehead atoms. The van der Waals surface area contributed by atoms with E-state index in [1.807, 2.05) is 12.1 Å². The fourth-order valence-electron chi connectivity index (χ4n) is 2.56. The molecule has 0 aliphatic rings. The van der Waals surface area contributed by atoms with Crippen LogP contribution in [-0.2, 0) is 4.74 Å². The minimum Gasteiger partial charge on any atom is -0.451 e. The van der Waals surface area contributed by atoms with Crippen molar-refractivity contribution in [3.8, 4) is 0 Å². The quantitative estimate of drug-likeness (QED) is 0.313. The number of para-hydroxylation sites is 1. The normalized spacial score (nSPS) is 11.9. The molecule has 1 unspecified atom stereocenters. The summed E-state index contributed by atoms with van der Waals surface area (Å²) in [6, 6.07) is 10.8. The molecule has 3 aromatic rings. The SMILES string of the molecule is CC(OC(=O)c1ccc(Cl)c([N+](=O)[O-])c1)C(=O)c1c[nH]c2ccccc12. The number of Topliss-reactive ketones (excluding diaryl/α,β-unsaturated/α-hetero) is 1. The Balaban J connectivity index is 1.80. The Hall–Kier alpha value is -3.19. The molecule has 1 atom stereocenters. The molecule has 2 aromatic carbocycles. The number of aromatic amines is 1. The highest BCUT2D eigenvalue weighted by molar-refractivity contribution is 6.32. The number of benzene rings is 2. The average Bonchev–Trinajstić information content (AvgIpc) is 3.05. The predicted molar refractivity (Wildman–Crippen MR) is 95.6 cm³/mol. The smallest absolute Gasteiger partial charge is 0.339 e. The van der Waals surface area contributed by atoms with Crippen LogP contribution in [-0.4, -0.2) is 27.8 Å². The van der Waals surface area contributed by atoms with Crippen LogP contribution in [0.4, 0.5) is 5.69 Å². The Morgan fingerprint density at radius 3 is 2.69 bits per heavy atom. The number of nitro benzene ring substituents is 1. The number of esters is 1. The van der Waals surface area contributed by atoms with Gasteiger partial charge in [-0.05, 0) is 25.1 Å². The summed E-state index contributed by atoms with van der Waals surface area (Å²) in [4.78, 5) is 38.0. The van der Waals surface area contributed by atoms with Gasteiger partial charge in [-0.3, -0.25) is 14.9 Å². The number of nitro groups is 1. The standard InChI is InChI=1S/C18H13ClN2O5/c1-10(17(22)13-9-20-15-5-3-2-4-12(13)15)26-18(23)11-6-7-14(19)16(8-11)21(24)25/h2-10,20H,1H3. The number of rotatable bonds is 5. The molecule has 0 fully saturated rings. The maximum absolute atomic E-state index is 12.6. The molecular weight excluding hydrogens is 360 g/mol. The number of fused-ring (bicyclic) bond motifs is 1. The second-order valence-corrected chi connectivity index (χ2v) is 5.99. The van der Waals surface area contributed by atoms with Crippen LogP contribution in [0, 0.1) is 10.1 Å². The number of carbonyl (C=O) groups is 2. The van der Waals surface area contributed by atoms with Crippen molar-refractivity contribution < 1.29 is 19.2 Å². The Morgan fingerprint density at radius 2 is 1.96 bits per heavy atom. The summed E-state index contributed by atoms with van der Waals surface area (Å²) >= 11 is 5.72. The number of carbonyl (C=O) groups excluding carboxylic acids is 2. The first-order valence-corrected chi connectivity index (χ1v) is 8.01. The molecule has 3 rings (SSSR count). The van der Waals surface area contributed by atoms with Crippen molar-refractivity contribution in [1.29, 1.82) is 0 Å². The molecule has 7 nitrogen and oxygen atoms in total. The number of aromatic nitrogens is 1. The summed E-state index contributed by atoms with van der Waals surface area (Å²) in [5, 5.41) is 11.6. The lowest BCUT2D eigenvalue weighted by molar-refractivity contribution is -0.384.